The molecule has 0 fully saturated rings. The van der Waals surface area contributed by atoms with Gasteiger partial charge in [0, 0.05) is 29.7 Å². The number of nitrogens with zero attached hydrogens (tertiary/aromatic N) is 2. The minimum Gasteiger partial charge on any atom is -0.356 e. The SMILES string of the molecule is CN=C(NCCc1ccccc1Cl)NCc1cnc(C)s1.I. The van der Waals surface area contributed by atoms with Crippen molar-refractivity contribution in [2.75, 3.05) is 13.6 Å². The fraction of sp³-hybridized carbons (Fsp3) is 0.333. The molecular weight excluding hydrogens is 431 g/mol. The highest BCUT2D eigenvalue weighted by Gasteiger charge is 2.02. The number of aryl methyl sites for hydroxylation is 1. The van der Waals surface area contributed by atoms with Crippen LogP contribution in [0.15, 0.2) is 35.5 Å². The lowest BCUT2D eigenvalue weighted by Gasteiger charge is -2.11. The highest BCUT2D eigenvalue weighted by Crippen LogP contribution is 2.14. The second kappa shape index (κ2) is 10.0. The Kier molecular flexibility index (Phi) is 8.74. The molecule has 0 spiro atoms. The number of thiazole rings is 1. The Hall–Kier alpha value is -0.860. The predicted molar refractivity (Wildman–Crippen MR) is 106 cm³/mol. The van der Waals surface area contributed by atoms with Crippen LogP contribution in [0.1, 0.15) is 15.4 Å². The van der Waals surface area contributed by atoms with Crippen LogP contribution in [-0.2, 0) is 13.0 Å². The number of rotatable bonds is 5. The minimum atomic E-state index is 0. The van der Waals surface area contributed by atoms with E-state index in [1.54, 1.807) is 18.4 Å². The van der Waals surface area contributed by atoms with Gasteiger partial charge in [-0.1, -0.05) is 29.8 Å². The Labute approximate surface area is 157 Å². The van der Waals surface area contributed by atoms with E-state index in [9.17, 15) is 0 Å². The zero-order chi connectivity index (χ0) is 15.1. The summed E-state index contributed by atoms with van der Waals surface area (Å²) < 4.78 is 0. The zero-order valence-corrected chi connectivity index (χ0v) is 16.5. The smallest absolute Gasteiger partial charge is 0.191 e. The van der Waals surface area contributed by atoms with Crippen molar-refractivity contribution in [3.05, 3.63) is 50.9 Å². The van der Waals surface area contributed by atoms with Gasteiger partial charge in [-0.2, -0.15) is 0 Å². The summed E-state index contributed by atoms with van der Waals surface area (Å²) in [5.74, 6) is 0.785. The van der Waals surface area contributed by atoms with E-state index in [1.165, 1.54) is 4.88 Å². The summed E-state index contributed by atoms with van der Waals surface area (Å²) in [4.78, 5) is 9.64. The third-order valence-electron chi connectivity index (χ3n) is 2.97. The maximum absolute atomic E-state index is 6.14. The van der Waals surface area contributed by atoms with E-state index in [1.807, 2.05) is 37.4 Å². The first kappa shape index (κ1) is 19.2. The summed E-state index contributed by atoms with van der Waals surface area (Å²) in [7, 11) is 1.77. The summed E-state index contributed by atoms with van der Waals surface area (Å²) in [5, 5.41) is 8.45. The number of aromatic nitrogens is 1. The van der Waals surface area contributed by atoms with E-state index in [2.05, 4.69) is 20.6 Å². The van der Waals surface area contributed by atoms with Crippen LogP contribution < -0.4 is 10.6 Å². The van der Waals surface area contributed by atoms with Crippen molar-refractivity contribution in [2.45, 2.75) is 19.9 Å². The monoisotopic (exact) mass is 450 g/mol. The summed E-state index contributed by atoms with van der Waals surface area (Å²) >= 11 is 7.83. The molecule has 0 aliphatic carbocycles. The van der Waals surface area contributed by atoms with Crippen LogP contribution in [0, 0.1) is 6.92 Å². The van der Waals surface area contributed by atoms with Gasteiger partial charge in [0.05, 0.1) is 11.6 Å². The summed E-state index contributed by atoms with van der Waals surface area (Å²) in [6.45, 7) is 3.52. The van der Waals surface area contributed by atoms with Gasteiger partial charge in [-0.3, -0.25) is 4.99 Å². The van der Waals surface area contributed by atoms with Crippen molar-refractivity contribution < 1.29 is 0 Å². The molecule has 4 nitrogen and oxygen atoms in total. The highest BCUT2D eigenvalue weighted by molar-refractivity contribution is 14.0. The van der Waals surface area contributed by atoms with E-state index in [4.69, 9.17) is 11.6 Å². The van der Waals surface area contributed by atoms with Gasteiger partial charge in [0.25, 0.3) is 0 Å². The second-order valence-electron chi connectivity index (χ2n) is 4.54. The molecule has 0 radical (unpaired) electrons. The van der Waals surface area contributed by atoms with Gasteiger partial charge in [-0.05, 0) is 25.0 Å². The standard InChI is InChI=1S/C15H19ClN4S.HI/c1-11-19-9-13(21-11)10-20-15(17-2)18-8-7-12-5-3-4-6-14(12)16;/h3-6,9H,7-8,10H2,1-2H3,(H2,17,18,20);1H. The normalized spacial score (nSPS) is 11.0. The molecule has 0 bridgehead atoms. The first-order chi connectivity index (χ1) is 10.2. The molecule has 120 valence electrons. The molecule has 2 aromatic rings. The Morgan fingerprint density at radius 2 is 2.09 bits per heavy atom. The first-order valence-electron chi connectivity index (χ1n) is 6.78. The lowest BCUT2D eigenvalue weighted by Crippen LogP contribution is -2.37. The number of aliphatic imine (C=N–C) groups is 1. The Morgan fingerprint density at radius 3 is 2.73 bits per heavy atom. The molecule has 22 heavy (non-hydrogen) atoms. The van der Waals surface area contributed by atoms with Crippen LogP contribution in [0.25, 0.3) is 0 Å². The molecule has 1 aromatic carbocycles. The molecule has 0 atom stereocenters. The lowest BCUT2D eigenvalue weighted by molar-refractivity contribution is 0.799. The van der Waals surface area contributed by atoms with Crippen LogP contribution in [0.4, 0.5) is 0 Å². The molecule has 0 aliphatic heterocycles. The quantitative estimate of drug-likeness (QED) is 0.415. The van der Waals surface area contributed by atoms with E-state index in [0.29, 0.717) is 0 Å². The highest BCUT2D eigenvalue weighted by atomic mass is 127. The average molecular weight is 451 g/mol. The van der Waals surface area contributed by atoms with Crippen molar-refractivity contribution in [1.29, 1.82) is 0 Å². The number of benzene rings is 1. The third-order valence-corrected chi connectivity index (χ3v) is 4.25. The van der Waals surface area contributed by atoms with Crippen molar-refractivity contribution in [2.24, 2.45) is 4.99 Å². The fourth-order valence-electron chi connectivity index (χ4n) is 1.90. The predicted octanol–water partition coefficient (Wildman–Crippen LogP) is 3.63. The molecular formula is C15H20ClIN4S. The summed E-state index contributed by atoms with van der Waals surface area (Å²) in [6, 6.07) is 7.90. The zero-order valence-electron chi connectivity index (χ0n) is 12.6. The van der Waals surface area contributed by atoms with Crippen LogP contribution in [0.3, 0.4) is 0 Å². The van der Waals surface area contributed by atoms with Gasteiger partial charge >= 0.3 is 0 Å². The summed E-state index contributed by atoms with van der Waals surface area (Å²) in [6.07, 6.45) is 2.75. The molecule has 0 saturated heterocycles. The van der Waals surface area contributed by atoms with Gasteiger partial charge in [0.2, 0.25) is 0 Å². The maximum atomic E-state index is 6.14. The minimum absolute atomic E-state index is 0. The summed E-state index contributed by atoms with van der Waals surface area (Å²) in [5.41, 5.74) is 1.14. The third kappa shape index (κ3) is 6.10. The fourth-order valence-corrected chi connectivity index (χ4v) is 2.86. The van der Waals surface area contributed by atoms with E-state index in [-0.39, 0.29) is 24.0 Å². The largest absolute Gasteiger partial charge is 0.356 e. The molecule has 7 heteroatoms. The Morgan fingerprint density at radius 1 is 1.32 bits per heavy atom. The molecule has 0 unspecified atom stereocenters. The Bertz CT molecular complexity index is 615. The van der Waals surface area contributed by atoms with Crippen molar-refractivity contribution in [1.82, 2.24) is 15.6 Å². The van der Waals surface area contributed by atoms with Crippen molar-refractivity contribution in [3.8, 4) is 0 Å². The molecule has 0 saturated carbocycles. The number of halogens is 2. The van der Waals surface area contributed by atoms with Crippen molar-refractivity contribution >= 4 is 52.9 Å². The lowest BCUT2D eigenvalue weighted by atomic mass is 10.1. The van der Waals surface area contributed by atoms with Crippen LogP contribution >= 0.6 is 46.9 Å². The number of guanidine groups is 1. The topological polar surface area (TPSA) is 49.3 Å². The number of nitrogens with one attached hydrogen (secondary N) is 2. The van der Waals surface area contributed by atoms with E-state index in [0.717, 1.165) is 41.1 Å². The van der Waals surface area contributed by atoms with Gasteiger partial charge in [0.1, 0.15) is 0 Å². The molecule has 2 N–H and O–H groups in total. The van der Waals surface area contributed by atoms with E-state index >= 15 is 0 Å². The maximum Gasteiger partial charge on any atom is 0.191 e. The molecule has 2 rings (SSSR count). The van der Waals surface area contributed by atoms with Gasteiger partial charge in [-0.15, -0.1) is 35.3 Å². The number of hydrogen-bond donors (Lipinski definition) is 2. The van der Waals surface area contributed by atoms with Crippen molar-refractivity contribution in [3.63, 3.8) is 0 Å². The molecule has 0 amide bonds. The Balaban J connectivity index is 0.00000242. The molecule has 0 aliphatic rings. The van der Waals surface area contributed by atoms with E-state index < -0.39 is 0 Å². The second-order valence-corrected chi connectivity index (χ2v) is 6.27. The molecule has 1 aromatic heterocycles. The van der Waals surface area contributed by atoms with Crippen LogP contribution in [-0.4, -0.2) is 24.5 Å². The van der Waals surface area contributed by atoms with Crippen LogP contribution in [0.2, 0.25) is 5.02 Å². The average Bonchev–Trinajstić information content (AvgIpc) is 2.90. The van der Waals surface area contributed by atoms with Gasteiger partial charge in [-0.25, -0.2) is 4.98 Å². The number of hydrogen-bond acceptors (Lipinski definition) is 3. The van der Waals surface area contributed by atoms with Crippen LogP contribution in [0.5, 0.6) is 0 Å². The van der Waals surface area contributed by atoms with Gasteiger partial charge < -0.3 is 10.6 Å². The van der Waals surface area contributed by atoms with Gasteiger partial charge in [0.15, 0.2) is 5.96 Å². The first-order valence-corrected chi connectivity index (χ1v) is 7.97. The molecule has 1 heterocycles.